The van der Waals surface area contributed by atoms with Gasteiger partial charge in [0.2, 0.25) is 5.91 Å². The van der Waals surface area contributed by atoms with Crippen molar-refractivity contribution in [1.29, 1.82) is 0 Å². The zero-order valence-corrected chi connectivity index (χ0v) is 13.3. The summed E-state index contributed by atoms with van der Waals surface area (Å²) in [6.45, 7) is 4.47. The molecule has 21 heavy (non-hydrogen) atoms. The topological polar surface area (TPSA) is 47.4 Å². The molecule has 3 rings (SSSR count). The molecule has 0 unspecified atom stereocenters. The fourth-order valence-electron chi connectivity index (χ4n) is 2.37. The number of benzene rings is 1. The molecule has 0 atom stereocenters. The lowest BCUT2D eigenvalue weighted by atomic mass is 10.1. The highest BCUT2D eigenvalue weighted by atomic mass is 79.9. The van der Waals surface area contributed by atoms with Crippen LogP contribution in [0.4, 0.5) is 5.82 Å². The van der Waals surface area contributed by atoms with Crippen LogP contribution in [0.5, 0.6) is 0 Å². The summed E-state index contributed by atoms with van der Waals surface area (Å²) in [6.07, 6.45) is 1.80. The molecule has 0 saturated carbocycles. The Bertz CT molecular complexity index is 645. The van der Waals surface area contributed by atoms with Gasteiger partial charge >= 0.3 is 0 Å². The number of hydrogen-bond donors (Lipinski definition) is 0. The first-order valence-corrected chi connectivity index (χ1v) is 7.63. The van der Waals surface area contributed by atoms with Crippen LogP contribution < -0.4 is 4.90 Å². The number of carbonyl (C=O) groups excluding carboxylic acids is 1. The van der Waals surface area contributed by atoms with Crippen LogP contribution in [0.1, 0.15) is 11.7 Å². The summed E-state index contributed by atoms with van der Waals surface area (Å²) in [5.74, 6) is 0.753. The first-order chi connectivity index (χ1) is 10.1. The lowest BCUT2D eigenvalue weighted by Crippen LogP contribution is -2.36. The van der Waals surface area contributed by atoms with Crippen LogP contribution >= 0.6 is 15.9 Å². The lowest BCUT2D eigenvalue weighted by molar-refractivity contribution is 0.0921. The summed E-state index contributed by atoms with van der Waals surface area (Å²) in [6, 6.07) is 8.03. The van der Waals surface area contributed by atoms with E-state index in [0.717, 1.165) is 34.5 Å². The van der Waals surface area contributed by atoms with Gasteiger partial charge in [0.05, 0.1) is 13.2 Å². The van der Waals surface area contributed by atoms with E-state index in [1.807, 2.05) is 24.3 Å². The Kier molecular flexibility index (Phi) is 4.07. The molecular weight excluding hydrogens is 334 g/mol. The first kappa shape index (κ1) is 14.3. The third-order valence-electron chi connectivity index (χ3n) is 3.48. The largest absolute Gasteiger partial charge is 0.378 e. The summed E-state index contributed by atoms with van der Waals surface area (Å²) in [5, 5.41) is 4.46. The zero-order valence-electron chi connectivity index (χ0n) is 11.8. The summed E-state index contributed by atoms with van der Waals surface area (Å²) in [4.78, 5) is 13.8. The van der Waals surface area contributed by atoms with E-state index in [-0.39, 0.29) is 5.91 Å². The normalized spacial score (nSPS) is 15.2. The molecule has 0 amide bonds. The third kappa shape index (κ3) is 3.01. The number of halogens is 1. The van der Waals surface area contributed by atoms with Crippen molar-refractivity contribution in [2.75, 3.05) is 31.2 Å². The van der Waals surface area contributed by atoms with E-state index >= 15 is 0 Å². The Morgan fingerprint density at radius 3 is 2.52 bits per heavy atom. The number of nitrogens with zero attached hydrogens (tertiary/aromatic N) is 3. The van der Waals surface area contributed by atoms with Crippen molar-refractivity contribution in [1.82, 2.24) is 9.78 Å². The fourth-order valence-corrected chi connectivity index (χ4v) is 2.63. The second-order valence-electron chi connectivity index (χ2n) is 4.94. The first-order valence-electron chi connectivity index (χ1n) is 6.84. The van der Waals surface area contributed by atoms with Crippen LogP contribution in [0.2, 0.25) is 0 Å². The van der Waals surface area contributed by atoms with Gasteiger partial charge in [-0.2, -0.15) is 0 Å². The van der Waals surface area contributed by atoms with Crippen LogP contribution in [-0.4, -0.2) is 42.0 Å². The second-order valence-corrected chi connectivity index (χ2v) is 5.85. The number of aromatic nitrogens is 2. The number of morpholine rings is 1. The molecule has 0 bridgehead atoms. The number of hydrogen-bond acceptors (Lipinski definition) is 4. The number of rotatable bonds is 2. The summed E-state index contributed by atoms with van der Waals surface area (Å²) in [5.41, 5.74) is 2.02. The molecule has 0 radical (unpaired) electrons. The summed E-state index contributed by atoms with van der Waals surface area (Å²) in [7, 11) is 0. The summed E-state index contributed by atoms with van der Waals surface area (Å²) >= 11 is 3.44. The van der Waals surface area contributed by atoms with E-state index in [1.54, 1.807) is 6.20 Å². The van der Waals surface area contributed by atoms with Crippen LogP contribution in [0.3, 0.4) is 0 Å². The van der Waals surface area contributed by atoms with E-state index in [2.05, 4.69) is 25.9 Å². The van der Waals surface area contributed by atoms with Crippen molar-refractivity contribution in [3.05, 3.63) is 34.9 Å². The predicted octanol–water partition coefficient (Wildman–Crippen LogP) is 2.81. The Morgan fingerprint density at radius 1 is 1.24 bits per heavy atom. The molecule has 0 N–H and O–H groups in total. The molecule has 2 heterocycles. The van der Waals surface area contributed by atoms with Crippen LogP contribution in [0.25, 0.3) is 11.1 Å². The SMILES string of the molecule is CC(=O)n1cc(-c2ccc(Br)cc2)c(N2CCOCC2)n1. The van der Waals surface area contributed by atoms with Gasteiger partial charge in [0.1, 0.15) is 0 Å². The molecule has 1 aromatic carbocycles. The van der Waals surface area contributed by atoms with E-state index in [1.165, 1.54) is 11.6 Å². The number of carbonyl (C=O) groups is 1. The smallest absolute Gasteiger partial charge is 0.243 e. The maximum absolute atomic E-state index is 11.6. The van der Waals surface area contributed by atoms with Gasteiger partial charge in [-0.3, -0.25) is 4.79 Å². The van der Waals surface area contributed by atoms with E-state index < -0.39 is 0 Å². The average Bonchev–Trinajstić information content (AvgIpc) is 2.94. The second kappa shape index (κ2) is 5.99. The highest BCUT2D eigenvalue weighted by Crippen LogP contribution is 2.31. The molecule has 1 aromatic heterocycles. The molecule has 5 nitrogen and oxygen atoms in total. The van der Waals surface area contributed by atoms with E-state index in [4.69, 9.17) is 4.74 Å². The van der Waals surface area contributed by atoms with Crippen molar-refractivity contribution in [2.45, 2.75) is 6.92 Å². The molecular formula is C15H16BrN3O2. The van der Waals surface area contributed by atoms with Crippen molar-refractivity contribution < 1.29 is 9.53 Å². The molecule has 6 heteroatoms. The molecule has 2 aromatic rings. The average molecular weight is 350 g/mol. The van der Waals surface area contributed by atoms with E-state index in [9.17, 15) is 4.79 Å². The molecule has 110 valence electrons. The lowest BCUT2D eigenvalue weighted by Gasteiger charge is -2.27. The Balaban J connectivity index is 2.04. The molecule has 1 aliphatic rings. The number of ether oxygens (including phenoxy) is 1. The van der Waals surface area contributed by atoms with Gasteiger partial charge in [-0.1, -0.05) is 28.1 Å². The molecule has 0 spiro atoms. The molecule has 0 aliphatic carbocycles. The highest BCUT2D eigenvalue weighted by molar-refractivity contribution is 9.10. The van der Waals surface area contributed by atoms with Crippen molar-refractivity contribution in [3.8, 4) is 11.1 Å². The Hall–Kier alpha value is -1.66. The monoisotopic (exact) mass is 349 g/mol. The van der Waals surface area contributed by atoms with Gasteiger partial charge in [0.15, 0.2) is 5.82 Å². The molecule has 1 fully saturated rings. The zero-order chi connectivity index (χ0) is 14.8. The Morgan fingerprint density at radius 2 is 1.90 bits per heavy atom. The minimum absolute atomic E-state index is 0.0899. The number of anilines is 1. The molecule has 1 saturated heterocycles. The van der Waals surface area contributed by atoms with Crippen molar-refractivity contribution in [3.63, 3.8) is 0 Å². The minimum atomic E-state index is -0.0899. The maximum Gasteiger partial charge on any atom is 0.243 e. The third-order valence-corrected chi connectivity index (χ3v) is 4.01. The van der Waals surface area contributed by atoms with Gasteiger partial charge in [0, 0.05) is 36.2 Å². The van der Waals surface area contributed by atoms with Gasteiger partial charge in [-0.05, 0) is 17.7 Å². The standard InChI is InChI=1S/C15H16BrN3O2/c1-11(20)19-10-14(12-2-4-13(16)5-3-12)15(17-19)18-6-8-21-9-7-18/h2-5,10H,6-9H2,1H3. The molecule has 1 aliphatic heterocycles. The van der Waals surface area contributed by atoms with Crippen LogP contribution in [0.15, 0.2) is 34.9 Å². The Labute approximate surface area is 131 Å². The van der Waals surface area contributed by atoms with Crippen LogP contribution in [0, 0.1) is 0 Å². The summed E-state index contributed by atoms with van der Waals surface area (Å²) < 4.78 is 7.82. The highest BCUT2D eigenvalue weighted by Gasteiger charge is 2.20. The van der Waals surface area contributed by atoms with Gasteiger partial charge in [0.25, 0.3) is 0 Å². The predicted molar refractivity (Wildman–Crippen MR) is 84.7 cm³/mol. The van der Waals surface area contributed by atoms with Gasteiger partial charge < -0.3 is 9.64 Å². The quantitative estimate of drug-likeness (QED) is 0.836. The van der Waals surface area contributed by atoms with Crippen LogP contribution in [-0.2, 0) is 4.74 Å². The maximum atomic E-state index is 11.6. The van der Waals surface area contributed by atoms with Crippen molar-refractivity contribution in [2.24, 2.45) is 0 Å². The van der Waals surface area contributed by atoms with Crippen molar-refractivity contribution >= 4 is 27.7 Å². The fraction of sp³-hybridized carbons (Fsp3) is 0.333. The van der Waals surface area contributed by atoms with Gasteiger partial charge in [-0.15, -0.1) is 5.10 Å². The van der Waals surface area contributed by atoms with Gasteiger partial charge in [-0.25, -0.2) is 4.68 Å². The minimum Gasteiger partial charge on any atom is -0.378 e. The van der Waals surface area contributed by atoms with E-state index in [0.29, 0.717) is 13.2 Å².